The molecule has 4 nitrogen and oxygen atoms in total. The van der Waals surface area contributed by atoms with Crippen LogP contribution >= 0.6 is 0 Å². The quantitative estimate of drug-likeness (QED) is 0.350. The van der Waals surface area contributed by atoms with E-state index in [9.17, 15) is 0 Å². The Hall–Kier alpha value is -0.610. The monoisotopic (exact) mass is 174 g/mol. The molecule has 2 N–H and O–H groups in total. The Morgan fingerprint density at radius 1 is 1.33 bits per heavy atom. The first kappa shape index (κ1) is 11.4. The summed E-state index contributed by atoms with van der Waals surface area (Å²) < 4.78 is 5.07. The Bertz CT molecular complexity index is 116. The first-order chi connectivity index (χ1) is 5.77. The van der Waals surface area contributed by atoms with Crippen molar-refractivity contribution in [2.24, 2.45) is 16.8 Å². The Balaban J connectivity index is 3.00. The molecule has 0 bridgehead atoms. The Labute approximate surface area is 73.7 Å². The zero-order chi connectivity index (χ0) is 9.23. The largest absolute Gasteiger partial charge is 0.394 e. The topological polar surface area (TPSA) is 56.8 Å². The molecular weight excluding hydrogens is 156 g/mol. The van der Waals surface area contributed by atoms with E-state index in [1.807, 2.05) is 13.8 Å². The van der Waals surface area contributed by atoms with Crippen LogP contribution < -0.4 is 5.73 Å². The van der Waals surface area contributed by atoms with Crippen LogP contribution in [-0.2, 0) is 9.57 Å². The number of nitrogens with zero attached hydrogens (tertiary/aromatic N) is 1. The van der Waals surface area contributed by atoms with E-state index in [1.54, 1.807) is 6.21 Å². The van der Waals surface area contributed by atoms with Crippen LogP contribution in [0.5, 0.6) is 0 Å². The van der Waals surface area contributed by atoms with Gasteiger partial charge in [0.2, 0.25) is 0 Å². The first-order valence-electron chi connectivity index (χ1n) is 4.20. The van der Waals surface area contributed by atoms with Crippen LogP contribution in [0.15, 0.2) is 5.16 Å². The summed E-state index contributed by atoms with van der Waals surface area (Å²) in [6, 6.07) is 0. The van der Waals surface area contributed by atoms with Crippen molar-refractivity contribution in [3.05, 3.63) is 0 Å². The summed E-state index contributed by atoms with van der Waals surface area (Å²) in [5.41, 5.74) is 5.21. The van der Waals surface area contributed by atoms with E-state index in [0.717, 1.165) is 0 Å². The summed E-state index contributed by atoms with van der Waals surface area (Å²) in [5, 5.41) is 3.73. The van der Waals surface area contributed by atoms with Crippen molar-refractivity contribution in [2.45, 2.75) is 13.8 Å². The maximum Gasteiger partial charge on any atom is 0.140 e. The van der Waals surface area contributed by atoms with Crippen LogP contribution in [0, 0.1) is 5.92 Å². The fourth-order valence-corrected chi connectivity index (χ4v) is 0.499. The van der Waals surface area contributed by atoms with Gasteiger partial charge in [-0.2, -0.15) is 0 Å². The van der Waals surface area contributed by atoms with Crippen molar-refractivity contribution in [1.82, 2.24) is 0 Å². The van der Waals surface area contributed by atoms with Gasteiger partial charge < -0.3 is 15.3 Å². The lowest BCUT2D eigenvalue weighted by molar-refractivity contribution is 0.0541. The maximum atomic E-state index is 5.21. The van der Waals surface area contributed by atoms with Crippen molar-refractivity contribution < 1.29 is 9.57 Å². The number of ether oxygens (including phenoxy) is 1. The van der Waals surface area contributed by atoms with Crippen LogP contribution in [0.3, 0.4) is 0 Å². The highest BCUT2D eigenvalue weighted by Crippen LogP contribution is 1.86. The zero-order valence-electron chi connectivity index (χ0n) is 7.82. The summed E-state index contributed by atoms with van der Waals surface area (Å²) >= 11 is 0. The third kappa shape index (κ3) is 9.39. The lowest BCUT2D eigenvalue weighted by Gasteiger charge is -2.00. The molecule has 72 valence electrons. The van der Waals surface area contributed by atoms with Gasteiger partial charge in [-0.15, -0.1) is 0 Å². The molecule has 0 saturated carbocycles. The fraction of sp³-hybridized carbons (Fsp3) is 0.875. The molecule has 0 spiro atoms. The lowest BCUT2D eigenvalue weighted by atomic mass is 10.3. The van der Waals surface area contributed by atoms with Crippen LogP contribution in [0.1, 0.15) is 13.8 Å². The third-order valence-corrected chi connectivity index (χ3v) is 1.01. The van der Waals surface area contributed by atoms with Crippen molar-refractivity contribution in [1.29, 1.82) is 0 Å². The van der Waals surface area contributed by atoms with Gasteiger partial charge in [0.25, 0.3) is 0 Å². The second kappa shape index (κ2) is 8.49. The van der Waals surface area contributed by atoms with E-state index in [4.69, 9.17) is 15.3 Å². The molecule has 0 heterocycles. The molecule has 0 amide bonds. The molecule has 0 saturated heterocycles. The molecule has 0 aliphatic rings. The number of hydrogen-bond donors (Lipinski definition) is 1. The number of rotatable bonds is 7. The van der Waals surface area contributed by atoms with Gasteiger partial charge in [0, 0.05) is 12.8 Å². The highest BCUT2D eigenvalue weighted by atomic mass is 16.6. The summed E-state index contributed by atoms with van der Waals surface area (Å²) in [7, 11) is 0. The van der Waals surface area contributed by atoms with E-state index in [2.05, 4.69) is 5.16 Å². The van der Waals surface area contributed by atoms with Crippen molar-refractivity contribution in [2.75, 3.05) is 26.4 Å². The highest BCUT2D eigenvalue weighted by Gasteiger charge is 1.87. The van der Waals surface area contributed by atoms with Crippen molar-refractivity contribution >= 4 is 6.21 Å². The Morgan fingerprint density at radius 3 is 2.67 bits per heavy atom. The second-order valence-electron chi connectivity index (χ2n) is 2.73. The van der Waals surface area contributed by atoms with Crippen LogP contribution in [0.25, 0.3) is 0 Å². The molecule has 0 aliphatic heterocycles. The lowest BCUT2D eigenvalue weighted by Crippen LogP contribution is -2.11. The van der Waals surface area contributed by atoms with Crippen LogP contribution in [0.2, 0.25) is 0 Å². The zero-order valence-corrected chi connectivity index (χ0v) is 7.82. The van der Waals surface area contributed by atoms with Gasteiger partial charge in [-0.05, 0) is 5.92 Å². The minimum atomic E-state index is 0.426. The standard InChI is InChI=1S/C8H18N2O2/c1-8(2)7-10-12-6-5-11-4-3-9/h7-8H,3-6,9H2,1-2H3. The number of hydrogen-bond acceptors (Lipinski definition) is 4. The molecule has 0 unspecified atom stereocenters. The highest BCUT2D eigenvalue weighted by molar-refractivity contribution is 5.58. The predicted octanol–water partition coefficient (Wildman–Crippen LogP) is 0.620. The molecule has 0 atom stereocenters. The van der Waals surface area contributed by atoms with Gasteiger partial charge in [-0.25, -0.2) is 0 Å². The molecule has 0 radical (unpaired) electrons. The van der Waals surface area contributed by atoms with Gasteiger partial charge in [0.1, 0.15) is 6.61 Å². The minimum absolute atomic E-state index is 0.426. The maximum absolute atomic E-state index is 5.21. The van der Waals surface area contributed by atoms with Crippen molar-refractivity contribution in [3.8, 4) is 0 Å². The van der Waals surface area contributed by atoms with E-state index < -0.39 is 0 Å². The third-order valence-electron chi connectivity index (χ3n) is 1.01. The normalized spacial score (nSPS) is 11.3. The Kier molecular flexibility index (Phi) is 8.05. The molecule has 0 aromatic carbocycles. The van der Waals surface area contributed by atoms with Gasteiger partial charge in [-0.1, -0.05) is 19.0 Å². The fourth-order valence-electron chi connectivity index (χ4n) is 0.499. The smallest absolute Gasteiger partial charge is 0.140 e. The summed E-state index contributed by atoms with van der Waals surface area (Å²) in [5.74, 6) is 0.426. The predicted molar refractivity (Wildman–Crippen MR) is 49.2 cm³/mol. The van der Waals surface area contributed by atoms with Crippen LogP contribution in [0.4, 0.5) is 0 Å². The minimum Gasteiger partial charge on any atom is -0.394 e. The van der Waals surface area contributed by atoms with E-state index >= 15 is 0 Å². The van der Waals surface area contributed by atoms with E-state index in [0.29, 0.717) is 32.3 Å². The molecule has 12 heavy (non-hydrogen) atoms. The van der Waals surface area contributed by atoms with Gasteiger partial charge in [-0.3, -0.25) is 0 Å². The SMILES string of the molecule is CC(C)C=NOCCOCCN. The van der Waals surface area contributed by atoms with Crippen molar-refractivity contribution in [3.63, 3.8) is 0 Å². The second-order valence-corrected chi connectivity index (χ2v) is 2.73. The molecule has 0 aromatic rings. The van der Waals surface area contributed by atoms with Gasteiger partial charge >= 0.3 is 0 Å². The summed E-state index contributed by atoms with van der Waals surface area (Å²) in [4.78, 5) is 4.89. The van der Waals surface area contributed by atoms with Gasteiger partial charge in [0.15, 0.2) is 0 Å². The molecule has 0 aromatic heterocycles. The molecule has 0 fully saturated rings. The van der Waals surface area contributed by atoms with E-state index in [1.165, 1.54) is 0 Å². The van der Waals surface area contributed by atoms with Gasteiger partial charge in [0.05, 0.1) is 13.2 Å². The summed E-state index contributed by atoms with van der Waals surface area (Å²) in [6.07, 6.45) is 1.75. The molecule has 0 aliphatic carbocycles. The molecule has 4 heteroatoms. The average Bonchev–Trinajstić information content (AvgIpc) is 2.02. The summed E-state index contributed by atoms with van der Waals surface area (Å²) in [6.45, 7) is 6.25. The number of nitrogens with two attached hydrogens (primary N) is 1. The average molecular weight is 174 g/mol. The number of oxime groups is 1. The molecule has 0 rings (SSSR count). The Morgan fingerprint density at radius 2 is 2.08 bits per heavy atom. The van der Waals surface area contributed by atoms with E-state index in [-0.39, 0.29) is 0 Å². The molecular formula is C8H18N2O2. The first-order valence-corrected chi connectivity index (χ1v) is 4.20. The van der Waals surface area contributed by atoms with Crippen LogP contribution in [-0.4, -0.2) is 32.6 Å².